The van der Waals surface area contributed by atoms with Crippen molar-refractivity contribution >= 4 is 34.8 Å². The molecule has 3 rings (SSSR count). The van der Waals surface area contributed by atoms with Crippen molar-refractivity contribution in [2.75, 3.05) is 12.9 Å². The number of nitrogens with zero attached hydrogens (tertiary/aromatic N) is 1. The number of nitrogens with one attached hydrogen (secondary N) is 1. The Balaban J connectivity index is 1.47. The molecule has 0 fully saturated rings. The predicted molar refractivity (Wildman–Crippen MR) is 122 cm³/mol. The fourth-order valence-corrected chi connectivity index (χ4v) is 4.58. The van der Waals surface area contributed by atoms with E-state index in [4.69, 9.17) is 4.74 Å². The lowest BCUT2D eigenvalue weighted by molar-refractivity contribution is -0.120. The van der Waals surface area contributed by atoms with Crippen LogP contribution in [0.3, 0.4) is 0 Å². The number of benzene rings is 2. The number of hydrogen-bond donors (Lipinski definition) is 1. The molecule has 0 aliphatic heterocycles. The molecule has 0 atom stereocenters. The maximum absolute atomic E-state index is 12.4. The van der Waals surface area contributed by atoms with Gasteiger partial charge in [-0.2, -0.15) is 0 Å². The van der Waals surface area contributed by atoms with Crippen LogP contribution < -0.4 is 10.1 Å². The molecule has 0 saturated carbocycles. The van der Waals surface area contributed by atoms with E-state index in [-0.39, 0.29) is 18.1 Å². The quantitative estimate of drug-likeness (QED) is 0.370. The summed E-state index contributed by atoms with van der Waals surface area (Å²) < 4.78 is 6.09. The number of carbonyl (C=O) groups excluding carboxylic acids is 2. The second-order valence-corrected chi connectivity index (χ2v) is 8.71. The molecule has 0 aliphatic rings. The molecular weight excluding hydrogens is 416 g/mol. The average molecular weight is 441 g/mol. The van der Waals surface area contributed by atoms with Crippen LogP contribution in [0.5, 0.6) is 5.75 Å². The first-order valence-corrected chi connectivity index (χ1v) is 11.5. The summed E-state index contributed by atoms with van der Waals surface area (Å²) in [5.74, 6) is 1.06. The highest BCUT2D eigenvalue weighted by Crippen LogP contribution is 2.24. The van der Waals surface area contributed by atoms with Gasteiger partial charge in [0, 0.05) is 23.1 Å². The van der Waals surface area contributed by atoms with Gasteiger partial charge < -0.3 is 10.1 Å². The molecule has 1 amide bonds. The minimum absolute atomic E-state index is 0.0777. The molecule has 0 saturated heterocycles. The minimum atomic E-state index is -0.102. The smallest absolute Gasteiger partial charge is 0.226 e. The molecule has 0 bridgehead atoms. The van der Waals surface area contributed by atoms with Gasteiger partial charge in [-0.1, -0.05) is 61.2 Å². The zero-order chi connectivity index (χ0) is 21.3. The van der Waals surface area contributed by atoms with Gasteiger partial charge in [0.15, 0.2) is 10.1 Å². The van der Waals surface area contributed by atoms with Crippen molar-refractivity contribution in [3.63, 3.8) is 0 Å². The van der Waals surface area contributed by atoms with Crippen LogP contribution in [0.25, 0.3) is 0 Å². The number of ether oxygens (including phenoxy) is 1. The first-order chi connectivity index (χ1) is 14.6. The molecular formula is C23H24N2O3S2. The Bertz CT molecular complexity index is 1000. The van der Waals surface area contributed by atoms with E-state index >= 15 is 0 Å². The van der Waals surface area contributed by atoms with Gasteiger partial charge in [0.25, 0.3) is 0 Å². The summed E-state index contributed by atoms with van der Waals surface area (Å²) in [6.07, 6.45) is 1.16. The Morgan fingerprint density at radius 2 is 1.90 bits per heavy atom. The van der Waals surface area contributed by atoms with Crippen molar-refractivity contribution in [2.45, 2.75) is 30.6 Å². The van der Waals surface area contributed by atoms with Crippen molar-refractivity contribution in [1.82, 2.24) is 10.3 Å². The van der Waals surface area contributed by atoms with E-state index in [0.717, 1.165) is 22.1 Å². The number of thiazole rings is 1. The van der Waals surface area contributed by atoms with Crippen LogP contribution in [0.1, 0.15) is 34.1 Å². The van der Waals surface area contributed by atoms with Gasteiger partial charge in [0.2, 0.25) is 5.91 Å². The van der Waals surface area contributed by atoms with Crippen LogP contribution in [0.15, 0.2) is 58.3 Å². The molecule has 0 radical (unpaired) electrons. The number of aryl methyl sites for hydroxylation is 1. The first kappa shape index (κ1) is 22.1. The summed E-state index contributed by atoms with van der Waals surface area (Å²) in [6.45, 7) is 2.49. The Labute approximate surface area is 184 Å². The predicted octanol–water partition coefficient (Wildman–Crippen LogP) is 4.55. The minimum Gasteiger partial charge on any atom is -0.496 e. The van der Waals surface area contributed by atoms with Crippen LogP contribution >= 0.6 is 23.1 Å². The number of hydrogen-bond acceptors (Lipinski definition) is 6. The Morgan fingerprint density at radius 1 is 1.13 bits per heavy atom. The number of carbonyl (C=O) groups is 2. The molecule has 0 spiro atoms. The molecule has 1 aromatic heterocycles. The molecule has 0 aliphatic carbocycles. The largest absolute Gasteiger partial charge is 0.496 e. The van der Waals surface area contributed by atoms with Crippen LogP contribution in [-0.2, 0) is 24.2 Å². The lowest BCUT2D eigenvalue weighted by Crippen LogP contribution is -2.24. The van der Waals surface area contributed by atoms with Crippen LogP contribution in [0.2, 0.25) is 0 Å². The van der Waals surface area contributed by atoms with E-state index in [1.165, 1.54) is 28.7 Å². The molecule has 2 aromatic carbocycles. The van der Waals surface area contributed by atoms with Gasteiger partial charge in [-0.05, 0) is 18.1 Å². The van der Waals surface area contributed by atoms with E-state index in [2.05, 4.69) is 17.2 Å². The molecule has 1 N–H and O–H groups in total. The second-order valence-electron chi connectivity index (χ2n) is 6.63. The van der Waals surface area contributed by atoms with E-state index < -0.39 is 0 Å². The zero-order valence-corrected chi connectivity index (χ0v) is 18.6. The third-order valence-electron chi connectivity index (χ3n) is 4.55. The summed E-state index contributed by atoms with van der Waals surface area (Å²) in [7, 11) is 1.61. The fourth-order valence-electron chi connectivity index (χ4n) is 2.84. The molecule has 30 heavy (non-hydrogen) atoms. The fraction of sp³-hybridized carbons (Fsp3) is 0.261. The van der Waals surface area contributed by atoms with E-state index in [1.54, 1.807) is 7.11 Å². The Morgan fingerprint density at radius 3 is 2.63 bits per heavy atom. The van der Waals surface area contributed by atoms with Gasteiger partial charge in [-0.15, -0.1) is 11.3 Å². The van der Waals surface area contributed by atoms with E-state index in [0.29, 0.717) is 23.6 Å². The maximum atomic E-state index is 12.4. The third-order valence-corrected chi connectivity index (χ3v) is 6.62. The topological polar surface area (TPSA) is 68.3 Å². The normalized spacial score (nSPS) is 10.6. The molecule has 0 unspecified atom stereocenters. The average Bonchev–Trinajstić information content (AvgIpc) is 3.23. The van der Waals surface area contributed by atoms with Crippen LogP contribution in [-0.4, -0.2) is 29.5 Å². The van der Waals surface area contributed by atoms with Gasteiger partial charge >= 0.3 is 0 Å². The van der Waals surface area contributed by atoms with Crippen molar-refractivity contribution in [2.24, 2.45) is 0 Å². The number of rotatable bonds is 10. The number of thioether (sulfide) groups is 1. The highest BCUT2D eigenvalue weighted by Gasteiger charge is 2.12. The maximum Gasteiger partial charge on any atom is 0.226 e. The lowest BCUT2D eigenvalue weighted by Gasteiger charge is -2.09. The number of methoxy groups -OCH3 is 1. The van der Waals surface area contributed by atoms with Crippen molar-refractivity contribution < 1.29 is 14.3 Å². The van der Waals surface area contributed by atoms with Gasteiger partial charge in [0.1, 0.15) is 5.75 Å². The summed E-state index contributed by atoms with van der Waals surface area (Å²) in [5.41, 5.74) is 3.56. The van der Waals surface area contributed by atoms with E-state index in [1.807, 2.05) is 53.9 Å². The van der Waals surface area contributed by atoms with Gasteiger partial charge in [0.05, 0.1) is 25.0 Å². The van der Waals surface area contributed by atoms with Gasteiger partial charge in [-0.3, -0.25) is 9.59 Å². The number of ketones is 1. The Hall–Kier alpha value is -2.64. The molecule has 7 heteroatoms. The number of Topliss-reactive ketones (excluding diaryl/α,β-unsaturated/α-hetero) is 1. The highest BCUT2D eigenvalue weighted by molar-refractivity contribution is 8.01. The number of amides is 1. The molecule has 5 nitrogen and oxygen atoms in total. The summed E-state index contributed by atoms with van der Waals surface area (Å²) >= 11 is 2.86. The number of aromatic nitrogens is 1. The first-order valence-electron chi connectivity index (χ1n) is 9.67. The zero-order valence-electron chi connectivity index (χ0n) is 17.0. The van der Waals surface area contributed by atoms with E-state index in [9.17, 15) is 9.59 Å². The Kier molecular flexibility index (Phi) is 8.04. The SMILES string of the molecule is CCc1ccc(C(=O)CSc2nc(CC(=O)NCc3ccccc3OC)cs2)cc1. The standard InChI is InChI=1S/C23H24N2O3S2/c1-3-16-8-10-17(11-9-16)20(26)15-30-23-25-19(14-29-23)12-22(27)24-13-18-6-4-5-7-21(18)28-2/h4-11,14H,3,12-13,15H2,1-2H3,(H,24,27). The van der Waals surface area contributed by atoms with Crippen molar-refractivity contribution in [3.05, 3.63) is 76.3 Å². The van der Waals surface area contributed by atoms with Crippen LogP contribution in [0, 0.1) is 0 Å². The van der Waals surface area contributed by atoms with Crippen molar-refractivity contribution in [3.8, 4) is 5.75 Å². The summed E-state index contributed by atoms with van der Waals surface area (Å²) in [4.78, 5) is 29.1. The molecule has 3 aromatic rings. The molecule has 156 valence electrons. The highest BCUT2D eigenvalue weighted by atomic mass is 32.2. The summed E-state index contributed by atoms with van der Waals surface area (Å²) in [6, 6.07) is 15.3. The monoisotopic (exact) mass is 440 g/mol. The summed E-state index contributed by atoms with van der Waals surface area (Å²) in [5, 5.41) is 4.76. The molecule has 1 heterocycles. The van der Waals surface area contributed by atoms with Gasteiger partial charge in [-0.25, -0.2) is 4.98 Å². The van der Waals surface area contributed by atoms with Crippen LogP contribution in [0.4, 0.5) is 0 Å². The lowest BCUT2D eigenvalue weighted by atomic mass is 10.1. The van der Waals surface area contributed by atoms with Crippen molar-refractivity contribution in [1.29, 1.82) is 0 Å². The third kappa shape index (κ3) is 6.18. The number of para-hydroxylation sites is 1. The second kappa shape index (κ2) is 10.9.